The number of hydrogen-bond donors (Lipinski definition) is 1. The Bertz CT molecular complexity index is 1490. The van der Waals surface area contributed by atoms with Crippen LogP contribution in [0.4, 0.5) is 0 Å². The normalized spacial score (nSPS) is 17.9. The van der Waals surface area contributed by atoms with E-state index in [1.54, 1.807) is 0 Å². The Morgan fingerprint density at radius 2 is 1.43 bits per heavy atom. The molecule has 0 amide bonds. The zero-order valence-electron chi connectivity index (χ0n) is 22.8. The Labute approximate surface area is 241 Å². The van der Waals surface area contributed by atoms with Gasteiger partial charge in [-0.05, 0) is 43.2 Å². The van der Waals surface area contributed by atoms with Crippen LogP contribution in [0.15, 0.2) is 64.4 Å². The SMILES string of the molecule is CCCCCOP(=O)(OCCCCC)C1(NS(C)(=O)=O)C=C(S(=O)(=O)c2ccc(Cl)cc2)C(=O)c2ccccc21. The summed E-state index contributed by atoms with van der Waals surface area (Å²) >= 11 is 5.94. The van der Waals surface area contributed by atoms with Crippen LogP contribution in [0.5, 0.6) is 0 Å². The first-order chi connectivity index (χ1) is 18.8. The Kier molecular flexibility index (Phi) is 11.0. The van der Waals surface area contributed by atoms with Crippen molar-refractivity contribution < 1.29 is 35.2 Å². The molecule has 220 valence electrons. The molecular weight excluding hydrogens is 597 g/mol. The quantitative estimate of drug-likeness (QED) is 0.181. The van der Waals surface area contributed by atoms with E-state index in [2.05, 4.69) is 4.72 Å². The lowest BCUT2D eigenvalue weighted by molar-refractivity contribution is 0.103. The van der Waals surface area contributed by atoms with Gasteiger partial charge >= 0.3 is 7.60 Å². The molecule has 40 heavy (non-hydrogen) atoms. The number of Topliss-reactive ketones (excluding diaryl/α,β-unsaturated/α-hetero) is 1. The summed E-state index contributed by atoms with van der Waals surface area (Å²) in [4.78, 5) is 12.7. The highest BCUT2D eigenvalue weighted by Crippen LogP contribution is 2.66. The largest absolute Gasteiger partial charge is 0.360 e. The summed E-state index contributed by atoms with van der Waals surface area (Å²) in [5.74, 6) is -0.875. The highest BCUT2D eigenvalue weighted by Gasteiger charge is 2.58. The van der Waals surface area contributed by atoms with Gasteiger partial charge in [0.2, 0.25) is 25.6 Å². The van der Waals surface area contributed by atoms with Gasteiger partial charge in [0.15, 0.2) is 5.28 Å². The van der Waals surface area contributed by atoms with Gasteiger partial charge in [0.05, 0.1) is 24.4 Å². The molecular formula is C27H35ClNO8PS2. The molecule has 3 rings (SSSR count). The number of benzene rings is 2. The molecule has 1 unspecified atom stereocenters. The van der Waals surface area contributed by atoms with E-state index >= 15 is 0 Å². The topological polar surface area (TPSA) is 133 Å². The number of sulfone groups is 1. The first-order valence-corrected chi connectivity index (χ1v) is 18.4. The van der Waals surface area contributed by atoms with Gasteiger partial charge < -0.3 is 9.05 Å². The second-order valence-corrected chi connectivity index (χ2v) is 15.9. The first-order valence-electron chi connectivity index (χ1n) is 13.1. The number of rotatable bonds is 15. The van der Waals surface area contributed by atoms with Crippen LogP contribution in [0.1, 0.15) is 68.3 Å². The molecule has 1 N–H and O–H groups in total. The van der Waals surface area contributed by atoms with Crippen molar-refractivity contribution >= 4 is 44.8 Å². The minimum atomic E-state index is -4.57. The van der Waals surface area contributed by atoms with Gasteiger partial charge in [-0.2, -0.15) is 4.72 Å². The smallest absolute Gasteiger partial charge is 0.307 e. The number of fused-ring (bicyclic) bond motifs is 1. The molecule has 0 heterocycles. The van der Waals surface area contributed by atoms with Gasteiger partial charge in [-0.3, -0.25) is 9.36 Å². The van der Waals surface area contributed by atoms with E-state index in [1.807, 2.05) is 13.8 Å². The van der Waals surface area contributed by atoms with Crippen LogP contribution < -0.4 is 4.72 Å². The van der Waals surface area contributed by atoms with Crippen molar-refractivity contribution in [3.05, 3.63) is 75.7 Å². The van der Waals surface area contributed by atoms with Crippen molar-refractivity contribution in [3.63, 3.8) is 0 Å². The number of allylic oxidation sites excluding steroid dienone is 1. The highest BCUT2D eigenvalue weighted by molar-refractivity contribution is 7.96. The second kappa shape index (κ2) is 13.4. The molecule has 0 radical (unpaired) electrons. The number of hydrogen-bond acceptors (Lipinski definition) is 8. The third kappa shape index (κ3) is 7.13. The maximum absolute atomic E-state index is 14.9. The summed E-state index contributed by atoms with van der Waals surface area (Å²) in [7, 11) is -13.3. The van der Waals surface area contributed by atoms with Crippen LogP contribution in [-0.2, 0) is 38.8 Å². The van der Waals surface area contributed by atoms with Gasteiger partial charge in [-0.15, -0.1) is 0 Å². The summed E-state index contributed by atoms with van der Waals surface area (Å²) in [6.07, 6.45) is 5.96. The predicted octanol–water partition coefficient (Wildman–Crippen LogP) is 6.20. The van der Waals surface area contributed by atoms with Crippen LogP contribution >= 0.6 is 19.2 Å². The third-order valence-electron chi connectivity index (χ3n) is 6.35. The molecule has 0 spiro atoms. The zero-order chi connectivity index (χ0) is 29.6. The predicted molar refractivity (Wildman–Crippen MR) is 156 cm³/mol. The minimum absolute atomic E-state index is 0.0187. The number of carbonyl (C=O) groups excluding carboxylic acids is 1. The lowest BCUT2D eigenvalue weighted by Crippen LogP contribution is -2.48. The maximum atomic E-state index is 14.9. The van der Waals surface area contributed by atoms with E-state index in [1.165, 1.54) is 48.5 Å². The first kappa shape index (κ1) is 32.7. The van der Waals surface area contributed by atoms with Gasteiger partial charge in [-0.25, -0.2) is 16.8 Å². The number of halogens is 1. The summed E-state index contributed by atoms with van der Waals surface area (Å²) in [6.45, 7) is 3.89. The molecule has 1 aliphatic rings. The van der Waals surface area contributed by atoms with Crippen molar-refractivity contribution in [2.75, 3.05) is 19.5 Å². The summed E-state index contributed by atoms with van der Waals surface area (Å²) < 4.78 is 82.4. The fraction of sp³-hybridized carbons (Fsp3) is 0.444. The summed E-state index contributed by atoms with van der Waals surface area (Å²) in [5.41, 5.74) is -0.155. The van der Waals surface area contributed by atoms with Crippen LogP contribution in [0.2, 0.25) is 5.02 Å². The molecule has 0 saturated carbocycles. The molecule has 13 heteroatoms. The Balaban J connectivity index is 2.35. The van der Waals surface area contributed by atoms with E-state index in [9.17, 15) is 26.2 Å². The van der Waals surface area contributed by atoms with E-state index in [0.717, 1.165) is 38.0 Å². The van der Waals surface area contributed by atoms with Gasteiger partial charge in [0.25, 0.3) is 0 Å². The van der Waals surface area contributed by atoms with Crippen molar-refractivity contribution in [2.45, 2.75) is 62.5 Å². The maximum Gasteiger partial charge on any atom is 0.360 e. The highest BCUT2D eigenvalue weighted by atomic mass is 35.5. The van der Waals surface area contributed by atoms with Crippen LogP contribution in [-0.4, -0.2) is 42.1 Å². The molecule has 0 bridgehead atoms. The lowest BCUT2D eigenvalue weighted by atomic mass is 9.92. The monoisotopic (exact) mass is 631 g/mol. The van der Waals surface area contributed by atoms with Crippen molar-refractivity contribution in [1.82, 2.24) is 4.72 Å². The molecule has 0 aromatic heterocycles. The minimum Gasteiger partial charge on any atom is -0.307 e. The molecule has 2 aromatic rings. The van der Waals surface area contributed by atoms with Gasteiger partial charge in [0, 0.05) is 16.1 Å². The second-order valence-electron chi connectivity index (χ2n) is 9.56. The third-order valence-corrected chi connectivity index (χ3v) is 11.6. The number of unbranched alkanes of at least 4 members (excludes halogenated alkanes) is 4. The lowest BCUT2D eigenvalue weighted by Gasteiger charge is -2.40. The Morgan fingerprint density at radius 3 is 1.95 bits per heavy atom. The van der Waals surface area contributed by atoms with Crippen LogP contribution in [0.3, 0.4) is 0 Å². The van der Waals surface area contributed by atoms with Gasteiger partial charge in [-0.1, -0.05) is 75.4 Å². The average molecular weight is 632 g/mol. The van der Waals surface area contributed by atoms with Crippen molar-refractivity contribution in [1.29, 1.82) is 0 Å². The molecule has 9 nitrogen and oxygen atoms in total. The van der Waals surface area contributed by atoms with E-state index in [4.69, 9.17) is 20.6 Å². The van der Waals surface area contributed by atoms with Gasteiger partial charge in [0.1, 0.15) is 4.91 Å². The molecule has 0 fully saturated rings. The molecule has 0 saturated heterocycles. The average Bonchev–Trinajstić information content (AvgIpc) is 2.90. The number of sulfonamides is 1. The number of carbonyl (C=O) groups is 1. The molecule has 2 aromatic carbocycles. The number of ketones is 1. The van der Waals surface area contributed by atoms with E-state index < -0.39 is 43.4 Å². The zero-order valence-corrected chi connectivity index (χ0v) is 26.0. The summed E-state index contributed by atoms with van der Waals surface area (Å²) in [6, 6.07) is 11.0. The fourth-order valence-electron chi connectivity index (χ4n) is 4.38. The van der Waals surface area contributed by atoms with E-state index in [0.29, 0.717) is 12.8 Å². The van der Waals surface area contributed by atoms with Crippen molar-refractivity contribution in [3.8, 4) is 0 Å². The van der Waals surface area contributed by atoms with Crippen molar-refractivity contribution in [2.24, 2.45) is 0 Å². The van der Waals surface area contributed by atoms with Crippen LogP contribution in [0, 0.1) is 0 Å². The number of nitrogens with one attached hydrogen (secondary N) is 1. The Morgan fingerprint density at radius 1 is 0.875 bits per heavy atom. The summed E-state index contributed by atoms with van der Waals surface area (Å²) in [5, 5.41) is -2.05. The molecule has 1 aliphatic carbocycles. The fourth-order valence-corrected chi connectivity index (χ4v) is 9.71. The molecule has 1 atom stereocenters. The standard InChI is InChI=1S/C27H35ClNO8PS2/c1-4-6-10-18-36-38(31,37-19-11-7-5-2)27(29-39(3,32)33)20-25(26(30)23-12-8-9-13-24(23)27)40(34,35)22-16-14-21(28)15-17-22/h8-9,12-17,20,29H,4-7,10-11,18-19H2,1-3H3. The Hall–Kier alpha value is -1.85. The molecule has 0 aliphatic heterocycles. The van der Waals surface area contributed by atoms with E-state index in [-0.39, 0.29) is 34.3 Å². The van der Waals surface area contributed by atoms with Crippen LogP contribution in [0.25, 0.3) is 0 Å².